The van der Waals surface area contributed by atoms with Gasteiger partial charge in [0.1, 0.15) is 11.9 Å². The number of hydrogen-bond donors (Lipinski definition) is 2. The molecule has 38 heavy (non-hydrogen) atoms. The third-order valence-electron chi connectivity index (χ3n) is 6.40. The lowest BCUT2D eigenvalue weighted by atomic mass is 10.0. The van der Waals surface area contributed by atoms with Gasteiger partial charge in [-0.2, -0.15) is 4.31 Å². The molecule has 0 spiro atoms. The smallest absolute Gasteiger partial charge is 0.249 e. The molecule has 3 rings (SSSR count). The lowest BCUT2D eigenvalue weighted by molar-refractivity contribution is -0.137. The maximum absolute atomic E-state index is 13.6. The van der Waals surface area contributed by atoms with Crippen molar-refractivity contribution >= 4 is 15.9 Å². The molecular formula is C28H40N2O7S. The van der Waals surface area contributed by atoms with Crippen LogP contribution in [-0.2, 0) is 30.7 Å². The fraction of sp³-hybridized carbons (Fsp3) is 0.536. The molecule has 0 saturated carbocycles. The van der Waals surface area contributed by atoms with Gasteiger partial charge in [-0.15, -0.1) is 0 Å². The van der Waals surface area contributed by atoms with Crippen molar-refractivity contribution in [1.29, 1.82) is 0 Å². The number of carbonyl (C=O) groups is 1. The Kier molecular flexibility index (Phi) is 11.1. The normalized spacial score (nSPS) is 18.3. The molecule has 0 aromatic heterocycles. The molecule has 2 aromatic carbocycles. The fourth-order valence-corrected chi connectivity index (χ4v) is 5.95. The molecule has 210 valence electrons. The number of sulfonamides is 1. The molecule has 0 bridgehead atoms. The lowest BCUT2D eigenvalue weighted by Gasteiger charge is -2.31. The van der Waals surface area contributed by atoms with E-state index in [0.29, 0.717) is 25.4 Å². The molecule has 1 amide bonds. The van der Waals surface area contributed by atoms with E-state index in [-0.39, 0.29) is 35.9 Å². The van der Waals surface area contributed by atoms with Crippen molar-refractivity contribution in [2.75, 3.05) is 33.4 Å². The van der Waals surface area contributed by atoms with Crippen molar-refractivity contribution in [2.24, 2.45) is 5.92 Å². The van der Waals surface area contributed by atoms with Gasteiger partial charge in [-0.3, -0.25) is 4.79 Å². The summed E-state index contributed by atoms with van der Waals surface area (Å²) in [6.07, 6.45) is -1.02. The van der Waals surface area contributed by atoms with Crippen LogP contribution in [0.15, 0.2) is 59.5 Å². The average molecular weight is 549 g/mol. The molecule has 1 unspecified atom stereocenters. The Labute approximate surface area is 226 Å². The van der Waals surface area contributed by atoms with Crippen LogP contribution in [-0.4, -0.2) is 81.5 Å². The SMILES string of the molecule is COc1ccc(S(=O)(=O)N(CC(C)C)C[C@@H](O)[C@H](Cc2ccccc2)NC(=O)C(C)O[C@H]2CCOC2)cc1. The van der Waals surface area contributed by atoms with Gasteiger partial charge in [-0.05, 0) is 55.5 Å². The second kappa shape index (κ2) is 14.0. The molecule has 1 saturated heterocycles. The minimum absolute atomic E-state index is 0.0134. The molecule has 1 fully saturated rings. The first-order valence-electron chi connectivity index (χ1n) is 13.0. The molecule has 2 N–H and O–H groups in total. The van der Waals surface area contributed by atoms with Crippen LogP contribution >= 0.6 is 0 Å². The predicted octanol–water partition coefficient (Wildman–Crippen LogP) is 2.62. The van der Waals surface area contributed by atoms with Crippen LogP contribution in [0.25, 0.3) is 0 Å². The van der Waals surface area contributed by atoms with E-state index >= 15 is 0 Å². The van der Waals surface area contributed by atoms with Crippen molar-refractivity contribution in [2.45, 2.75) is 62.9 Å². The van der Waals surface area contributed by atoms with Crippen molar-refractivity contribution in [3.05, 3.63) is 60.2 Å². The zero-order chi connectivity index (χ0) is 27.7. The molecule has 1 aliphatic rings. The topological polar surface area (TPSA) is 114 Å². The van der Waals surface area contributed by atoms with Crippen LogP contribution in [0.2, 0.25) is 0 Å². The van der Waals surface area contributed by atoms with E-state index in [0.717, 1.165) is 12.0 Å². The summed E-state index contributed by atoms with van der Waals surface area (Å²) in [6, 6.07) is 14.9. The highest BCUT2D eigenvalue weighted by molar-refractivity contribution is 7.89. The Morgan fingerprint density at radius 2 is 1.79 bits per heavy atom. The molecule has 0 aliphatic carbocycles. The van der Waals surface area contributed by atoms with E-state index in [4.69, 9.17) is 14.2 Å². The summed E-state index contributed by atoms with van der Waals surface area (Å²) < 4.78 is 44.7. The Hall–Kier alpha value is -2.50. The Morgan fingerprint density at radius 1 is 1.11 bits per heavy atom. The summed E-state index contributed by atoms with van der Waals surface area (Å²) in [5.74, 6) is 0.190. The van der Waals surface area contributed by atoms with Gasteiger partial charge in [0.15, 0.2) is 0 Å². The van der Waals surface area contributed by atoms with Gasteiger partial charge in [-0.25, -0.2) is 8.42 Å². The predicted molar refractivity (Wildman–Crippen MR) is 144 cm³/mol. The van der Waals surface area contributed by atoms with Gasteiger partial charge in [0.25, 0.3) is 0 Å². The number of hydrogen-bond acceptors (Lipinski definition) is 7. The number of aliphatic hydroxyl groups excluding tert-OH is 1. The zero-order valence-electron chi connectivity index (χ0n) is 22.6. The third-order valence-corrected chi connectivity index (χ3v) is 8.25. The van der Waals surface area contributed by atoms with E-state index in [1.54, 1.807) is 19.1 Å². The second-order valence-corrected chi connectivity index (χ2v) is 12.0. The van der Waals surface area contributed by atoms with Crippen LogP contribution in [0.3, 0.4) is 0 Å². The van der Waals surface area contributed by atoms with Crippen molar-refractivity contribution in [3.8, 4) is 5.75 Å². The van der Waals surface area contributed by atoms with Crippen molar-refractivity contribution in [3.63, 3.8) is 0 Å². The highest BCUT2D eigenvalue weighted by Crippen LogP contribution is 2.22. The number of ether oxygens (including phenoxy) is 3. The number of benzene rings is 2. The quantitative estimate of drug-likeness (QED) is 0.373. The zero-order valence-corrected chi connectivity index (χ0v) is 23.4. The standard InChI is InChI=1S/C28H40N2O7S/c1-20(2)17-30(38(33,34)25-12-10-23(35-4)11-13-25)18-27(31)26(16-22-8-6-5-7-9-22)29-28(32)21(3)37-24-14-15-36-19-24/h5-13,20-21,24,26-27,31H,14-19H2,1-4H3,(H,29,32)/t21?,24-,26-,27+/m0/s1. The highest BCUT2D eigenvalue weighted by Gasteiger charge is 2.32. The minimum Gasteiger partial charge on any atom is -0.497 e. The Bertz CT molecular complexity index is 1100. The molecule has 0 radical (unpaired) electrons. The summed E-state index contributed by atoms with van der Waals surface area (Å²) in [7, 11) is -2.40. The van der Waals surface area contributed by atoms with E-state index in [2.05, 4.69) is 5.32 Å². The second-order valence-electron chi connectivity index (χ2n) is 10.0. The molecule has 1 aliphatic heterocycles. The number of nitrogens with zero attached hydrogens (tertiary/aromatic N) is 1. The number of nitrogens with one attached hydrogen (secondary N) is 1. The fourth-order valence-electron chi connectivity index (χ4n) is 4.33. The minimum atomic E-state index is -3.92. The van der Waals surface area contributed by atoms with Gasteiger partial charge < -0.3 is 24.6 Å². The summed E-state index contributed by atoms with van der Waals surface area (Å²) in [5.41, 5.74) is 0.906. The first kappa shape index (κ1) is 30.0. The Morgan fingerprint density at radius 3 is 2.37 bits per heavy atom. The number of amides is 1. The number of methoxy groups -OCH3 is 1. The van der Waals surface area contributed by atoms with Crippen molar-refractivity contribution in [1.82, 2.24) is 9.62 Å². The van der Waals surface area contributed by atoms with Crippen LogP contribution in [0, 0.1) is 5.92 Å². The number of rotatable bonds is 14. The van der Waals surface area contributed by atoms with E-state index in [1.165, 1.54) is 23.5 Å². The van der Waals surface area contributed by atoms with Gasteiger partial charge in [0.2, 0.25) is 15.9 Å². The van der Waals surface area contributed by atoms with Gasteiger partial charge >= 0.3 is 0 Å². The van der Waals surface area contributed by atoms with Crippen LogP contribution in [0.5, 0.6) is 5.75 Å². The monoisotopic (exact) mass is 548 g/mol. The van der Waals surface area contributed by atoms with Gasteiger partial charge in [0, 0.05) is 19.7 Å². The van der Waals surface area contributed by atoms with E-state index in [1.807, 2.05) is 44.2 Å². The molecular weight excluding hydrogens is 508 g/mol. The third kappa shape index (κ3) is 8.51. The summed E-state index contributed by atoms with van der Waals surface area (Å²) in [4.78, 5) is 13.2. The first-order chi connectivity index (χ1) is 18.1. The van der Waals surface area contributed by atoms with Crippen LogP contribution in [0.4, 0.5) is 0 Å². The molecule has 4 atom stereocenters. The highest BCUT2D eigenvalue weighted by atomic mass is 32.2. The summed E-state index contributed by atoms with van der Waals surface area (Å²) >= 11 is 0. The van der Waals surface area contributed by atoms with E-state index in [9.17, 15) is 18.3 Å². The summed E-state index contributed by atoms with van der Waals surface area (Å²) in [6.45, 7) is 6.56. The van der Waals surface area contributed by atoms with Crippen LogP contribution < -0.4 is 10.1 Å². The Balaban J connectivity index is 1.80. The lowest BCUT2D eigenvalue weighted by Crippen LogP contribution is -2.53. The number of carbonyl (C=O) groups excluding carboxylic acids is 1. The largest absolute Gasteiger partial charge is 0.497 e. The number of aliphatic hydroxyl groups is 1. The maximum atomic E-state index is 13.6. The first-order valence-corrected chi connectivity index (χ1v) is 14.4. The van der Waals surface area contributed by atoms with Gasteiger partial charge in [-0.1, -0.05) is 44.2 Å². The maximum Gasteiger partial charge on any atom is 0.249 e. The molecule has 9 nitrogen and oxygen atoms in total. The molecule has 10 heteroatoms. The molecule has 2 aromatic rings. The average Bonchev–Trinajstić information content (AvgIpc) is 3.41. The van der Waals surface area contributed by atoms with E-state index < -0.39 is 28.3 Å². The molecule has 1 heterocycles. The van der Waals surface area contributed by atoms with Crippen LogP contribution in [0.1, 0.15) is 32.8 Å². The van der Waals surface area contributed by atoms with Crippen molar-refractivity contribution < 1.29 is 32.5 Å². The summed E-state index contributed by atoms with van der Waals surface area (Å²) in [5, 5.41) is 14.3. The van der Waals surface area contributed by atoms with Gasteiger partial charge in [0.05, 0.1) is 36.9 Å².